The lowest BCUT2D eigenvalue weighted by molar-refractivity contribution is 0.776. The maximum absolute atomic E-state index is 7.61. The van der Waals surface area contributed by atoms with Gasteiger partial charge in [-0.2, -0.15) is 0 Å². The van der Waals surface area contributed by atoms with Gasteiger partial charge < -0.3 is 5.32 Å². The van der Waals surface area contributed by atoms with Crippen molar-refractivity contribution in [3.8, 4) is 0 Å². The highest BCUT2D eigenvalue weighted by atomic mass is 14.8. The molecular formula is C8H12N2. The lowest BCUT2D eigenvalue weighted by Gasteiger charge is -1.96. The van der Waals surface area contributed by atoms with Gasteiger partial charge in [0.25, 0.3) is 0 Å². The van der Waals surface area contributed by atoms with Gasteiger partial charge in [0.1, 0.15) is 0 Å². The van der Waals surface area contributed by atoms with Gasteiger partial charge in [-0.05, 0) is 19.2 Å². The second-order valence-corrected chi connectivity index (χ2v) is 1.92. The Morgan fingerprint density at radius 3 is 3.20 bits per heavy atom. The van der Waals surface area contributed by atoms with Crippen molar-refractivity contribution in [2.75, 3.05) is 13.6 Å². The normalized spacial score (nSPS) is 14.1. The van der Waals surface area contributed by atoms with Crippen LogP contribution in [0.2, 0.25) is 0 Å². The average molecular weight is 138 g/mol. The van der Waals surface area contributed by atoms with E-state index < -0.39 is 6.37 Å². The van der Waals surface area contributed by atoms with Crippen LogP contribution in [0.5, 0.6) is 0 Å². The van der Waals surface area contributed by atoms with Crippen LogP contribution in [0.15, 0.2) is 24.4 Å². The molecule has 10 heavy (non-hydrogen) atoms. The van der Waals surface area contributed by atoms with E-state index in [1.807, 2.05) is 0 Å². The number of hydrogen-bond donors (Lipinski definition) is 1. The molecule has 0 aliphatic carbocycles. The summed E-state index contributed by atoms with van der Waals surface area (Å²) in [4.78, 5) is 3.95. The van der Waals surface area contributed by atoms with Crippen LogP contribution in [0.25, 0.3) is 0 Å². The molecule has 0 saturated heterocycles. The number of aromatic nitrogens is 1. The minimum Gasteiger partial charge on any atom is -0.319 e. The second kappa shape index (κ2) is 4.01. The first-order chi connectivity index (χ1) is 5.67. The molecule has 1 N–H and O–H groups in total. The van der Waals surface area contributed by atoms with Gasteiger partial charge in [-0.3, -0.25) is 4.98 Å². The van der Waals surface area contributed by atoms with E-state index in [1.165, 1.54) is 0 Å². The van der Waals surface area contributed by atoms with Gasteiger partial charge in [0.2, 0.25) is 0 Å². The van der Waals surface area contributed by atoms with Crippen molar-refractivity contribution in [3.05, 3.63) is 30.1 Å². The molecule has 0 unspecified atom stereocenters. The summed E-state index contributed by atoms with van der Waals surface area (Å²) in [5, 5.41) is 2.79. The zero-order valence-electron chi connectivity index (χ0n) is 7.96. The summed E-state index contributed by atoms with van der Waals surface area (Å²) in [5.41, 5.74) is 0.472. The Kier molecular flexibility index (Phi) is 1.95. The minimum absolute atomic E-state index is 0.282. The summed E-state index contributed by atoms with van der Waals surface area (Å²) in [7, 11) is 1.72. The van der Waals surface area contributed by atoms with E-state index in [4.69, 9.17) is 2.74 Å². The standard InChI is InChI=1S/C8H12N2/c1-9-7-5-8-4-2-3-6-10-8/h2-4,6,9H,5,7H2,1H3/i5D2. The van der Waals surface area contributed by atoms with Gasteiger partial charge in [0.15, 0.2) is 0 Å². The van der Waals surface area contributed by atoms with Crippen LogP contribution in [0.1, 0.15) is 8.44 Å². The van der Waals surface area contributed by atoms with E-state index in [0.29, 0.717) is 5.69 Å². The molecule has 0 aliphatic rings. The van der Waals surface area contributed by atoms with Crippen molar-refractivity contribution in [2.45, 2.75) is 6.37 Å². The third-order valence-electron chi connectivity index (χ3n) is 1.11. The summed E-state index contributed by atoms with van der Waals surface area (Å²) in [6, 6.07) is 5.26. The van der Waals surface area contributed by atoms with Crippen molar-refractivity contribution in [3.63, 3.8) is 0 Å². The highest BCUT2D eigenvalue weighted by Crippen LogP contribution is 1.92. The maximum Gasteiger partial charge on any atom is 0.0416 e. The predicted octanol–water partition coefficient (Wildman–Crippen LogP) is 0.843. The lowest BCUT2D eigenvalue weighted by atomic mass is 10.3. The molecule has 0 atom stereocenters. The summed E-state index contributed by atoms with van der Waals surface area (Å²) in [6.45, 7) is 0.282. The van der Waals surface area contributed by atoms with E-state index in [2.05, 4.69) is 10.3 Å². The van der Waals surface area contributed by atoms with Gasteiger partial charge in [0, 0.05) is 27.5 Å². The van der Waals surface area contributed by atoms with Crippen LogP contribution in [-0.4, -0.2) is 18.6 Å². The van der Waals surface area contributed by atoms with Crippen LogP contribution in [0, 0.1) is 0 Å². The Labute approximate surface area is 64.1 Å². The van der Waals surface area contributed by atoms with E-state index >= 15 is 0 Å². The molecule has 0 aliphatic heterocycles. The fourth-order valence-corrected chi connectivity index (χ4v) is 0.646. The Morgan fingerprint density at radius 2 is 2.60 bits per heavy atom. The Balaban J connectivity index is 2.82. The Hall–Kier alpha value is -0.890. The number of nitrogens with zero attached hydrogens (tertiary/aromatic N) is 1. The van der Waals surface area contributed by atoms with Crippen molar-refractivity contribution in [1.29, 1.82) is 0 Å². The fourth-order valence-electron chi connectivity index (χ4n) is 0.646. The number of nitrogens with one attached hydrogen (secondary N) is 1. The lowest BCUT2D eigenvalue weighted by Crippen LogP contribution is -2.10. The summed E-state index contributed by atoms with van der Waals surface area (Å²) in [5.74, 6) is 0. The predicted molar refractivity (Wildman–Crippen MR) is 41.9 cm³/mol. The number of hydrogen-bond acceptors (Lipinski definition) is 2. The summed E-state index contributed by atoms with van der Waals surface area (Å²) < 4.78 is 15.2. The molecule has 1 rings (SSSR count). The third-order valence-corrected chi connectivity index (χ3v) is 1.11. The van der Waals surface area contributed by atoms with Crippen molar-refractivity contribution in [2.24, 2.45) is 0 Å². The van der Waals surface area contributed by atoms with E-state index in [9.17, 15) is 0 Å². The molecule has 2 nitrogen and oxygen atoms in total. The van der Waals surface area contributed by atoms with Gasteiger partial charge in [-0.25, -0.2) is 0 Å². The molecular weight excluding hydrogens is 124 g/mol. The molecule has 54 valence electrons. The van der Waals surface area contributed by atoms with Crippen LogP contribution in [0.4, 0.5) is 0 Å². The van der Waals surface area contributed by atoms with Crippen LogP contribution < -0.4 is 5.32 Å². The fraction of sp³-hybridized carbons (Fsp3) is 0.375. The van der Waals surface area contributed by atoms with Gasteiger partial charge in [0.05, 0.1) is 0 Å². The largest absolute Gasteiger partial charge is 0.319 e. The van der Waals surface area contributed by atoms with Crippen LogP contribution in [-0.2, 0) is 6.37 Å². The Bertz CT molecular complexity index is 236. The first-order valence-electron chi connectivity index (χ1n) is 4.23. The number of rotatable bonds is 3. The maximum atomic E-state index is 7.61. The van der Waals surface area contributed by atoms with E-state index in [0.717, 1.165) is 0 Å². The number of pyridine rings is 1. The van der Waals surface area contributed by atoms with Gasteiger partial charge >= 0.3 is 0 Å². The second-order valence-electron chi connectivity index (χ2n) is 1.92. The molecule has 0 aromatic carbocycles. The molecule has 1 heterocycles. The van der Waals surface area contributed by atoms with Crippen molar-refractivity contribution < 1.29 is 2.74 Å². The molecule has 0 radical (unpaired) electrons. The molecule has 0 fully saturated rings. The molecule has 0 saturated carbocycles. The van der Waals surface area contributed by atoms with Crippen LogP contribution >= 0.6 is 0 Å². The van der Waals surface area contributed by atoms with Crippen LogP contribution in [0.3, 0.4) is 0 Å². The average Bonchev–Trinajstić information content (AvgIpc) is 2.06. The van der Waals surface area contributed by atoms with Gasteiger partial charge in [-0.15, -0.1) is 0 Å². The SMILES string of the molecule is [2H]C([2H])(CNC)c1ccccn1. The minimum atomic E-state index is -1.38. The zero-order chi connectivity index (χ0) is 9.03. The highest BCUT2D eigenvalue weighted by molar-refractivity contribution is 5.03. The third kappa shape index (κ3) is 2.15. The topological polar surface area (TPSA) is 24.9 Å². The molecule has 2 heteroatoms. The smallest absolute Gasteiger partial charge is 0.0416 e. The highest BCUT2D eigenvalue weighted by Gasteiger charge is 1.88. The summed E-state index contributed by atoms with van der Waals surface area (Å²) >= 11 is 0. The summed E-state index contributed by atoms with van der Waals surface area (Å²) in [6.07, 6.45) is 0.221. The van der Waals surface area contributed by atoms with Crippen molar-refractivity contribution in [1.82, 2.24) is 10.3 Å². The quantitative estimate of drug-likeness (QED) is 0.669. The monoisotopic (exact) mass is 138 g/mol. The molecule has 0 amide bonds. The van der Waals surface area contributed by atoms with E-state index in [1.54, 1.807) is 31.4 Å². The van der Waals surface area contributed by atoms with E-state index in [-0.39, 0.29) is 6.54 Å². The zero-order valence-corrected chi connectivity index (χ0v) is 5.96. The first kappa shape index (κ1) is 4.85. The molecule has 1 aromatic rings. The first-order valence-corrected chi connectivity index (χ1v) is 3.23. The Morgan fingerprint density at radius 1 is 1.70 bits per heavy atom. The number of likely N-dealkylation sites (N-methyl/N-ethyl adjacent to an activating group) is 1. The molecule has 1 aromatic heterocycles. The van der Waals surface area contributed by atoms with Gasteiger partial charge in [-0.1, -0.05) is 6.07 Å². The molecule has 0 spiro atoms. The van der Waals surface area contributed by atoms with Crippen molar-refractivity contribution >= 4 is 0 Å². The molecule has 0 bridgehead atoms.